The van der Waals surface area contributed by atoms with Crippen LogP contribution in [0.5, 0.6) is 11.5 Å². The molecule has 1 aliphatic heterocycles. The summed E-state index contributed by atoms with van der Waals surface area (Å²) in [5.41, 5.74) is 0.720. The van der Waals surface area contributed by atoms with Gasteiger partial charge in [-0.1, -0.05) is 0 Å². The molecule has 0 bridgehead atoms. The maximum absolute atomic E-state index is 9.66. The third-order valence-corrected chi connectivity index (χ3v) is 3.57. The molecule has 1 aromatic carbocycles. The molecule has 1 fully saturated rings. The normalized spacial score (nSPS) is 26.6. The number of phenolic OH excluding ortho intramolecular Hbond substituents is 2. The van der Waals surface area contributed by atoms with Gasteiger partial charge >= 0.3 is 0 Å². The monoisotopic (exact) mass is 212 g/mol. The Labute approximate surface area is 86.7 Å². The van der Waals surface area contributed by atoms with Crippen molar-refractivity contribution in [2.24, 2.45) is 0 Å². The molecule has 1 unspecified atom stereocenters. The molecule has 0 radical (unpaired) electrons. The van der Waals surface area contributed by atoms with Gasteiger partial charge in [-0.05, 0) is 19.1 Å². The van der Waals surface area contributed by atoms with Gasteiger partial charge in [0, 0.05) is 17.4 Å². The highest BCUT2D eigenvalue weighted by molar-refractivity contribution is 8.00. The number of hydrogen-bond donors (Lipinski definition) is 2. The van der Waals surface area contributed by atoms with Crippen LogP contribution in [-0.4, -0.2) is 22.6 Å². The van der Waals surface area contributed by atoms with Gasteiger partial charge in [-0.15, -0.1) is 11.8 Å². The fourth-order valence-corrected chi connectivity index (χ4v) is 2.63. The van der Waals surface area contributed by atoms with Crippen LogP contribution in [0.3, 0.4) is 0 Å². The zero-order valence-corrected chi connectivity index (χ0v) is 8.67. The molecule has 1 heterocycles. The summed E-state index contributed by atoms with van der Waals surface area (Å²) in [5.74, 6) is 1.08. The second kappa shape index (κ2) is 3.37. The zero-order chi connectivity index (χ0) is 10.2. The summed E-state index contributed by atoms with van der Waals surface area (Å²) < 4.78 is 5.57. The fourth-order valence-electron chi connectivity index (χ4n) is 1.57. The molecule has 0 amide bonds. The second-order valence-corrected chi connectivity index (χ2v) is 4.82. The Balaban J connectivity index is 2.40. The van der Waals surface area contributed by atoms with Crippen molar-refractivity contribution in [1.29, 1.82) is 0 Å². The molecule has 14 heavy (non-hydrogen) atoms. The molecule has 4 heteroatoms. The second-order valence-electron chi connectivity index (χ2n) is 3.34. The van der Waals surface area contributed by atoms with Crippen LogP contribution in [0.2, 0.25) is 0 Å². The fraction of sp³-hybridized carbons (Fsp3) is 0.400. The largest absolute Gasteiger partial charge is 0.508 e. The smallest absolute Gasteiger partial charge is 0.140 e. The molecule has 1 aromatic rings. The van der Waals surface area contributed by atoms with E-state index in [2.05, 4.69) is 0 Å². The minimum atomic E-state index is -0.474. The van der Waals surface area contributed by atoms with Crippen LogP contribution in [-0.2, 0) is 9.67 Å². The predicted octanol–water partition coefficient (Wildman–Crippen LogP) is 2.03. The summed E-state index contributed by atoms with van der Waals surface area (Å²) in [6.07, 6.45) is 0. The summed E-state index contributed by atoms with van der Waals surface area (Å²) in [6.45, 7) is 2.62. The molecule has 0 saturated carbocycles. The summed E-state index contributed by atoms with van der Waals surface area (Å²) >= 11 is 1.65. The van der Waals surface area contributed by atoms with E-state index < -0.39 is 4.93 Å². The SMILES string of the molecule is CC1(c2ccc(O)cc2O)OCCS1. The highest BCUT2D eigenvalue weighted by Gasteiger charge is 2.34. The Kier molecular flexibility index (Phi) is 2.33. The maximum Gasteiger partial charge on any atom is 0.140 e. The highest BCUT2D eigenvalue weighted by atomic mass is 32.2. The Bertz CT molecular complexity index is 345. The van der Waals surface area contributed by atoms with Gasteiger partial charge in [0.05, 0.1) is 6.61 Å². The van der Waals surface area contributed by atoms with Gasteiger partial charge in [0.25, 0.3) is 0 Å². The molecule has 1 aliphatic rings. The van der Waals surface area contributed by atoms with E-state index in [1.165, 1.54) is 6.07 Å². The number of benzene rings is 1. The first-order valence-electron chi connectivity index (χ1n) is 4.42. The third kappa shape index (κ3) is 1.55. The van der Waals surface area contributed by atoms with Crippen molar-refractivity contribution in [3.8, 4) is 11.5 Å². The average molecular weight is 212 g/mol. The lowest BCUT2D eigenvalue weighted by atomic mass is 10.1. The zero-order valence-electron chi connectivity index (χ0n) is 7.86. The van der Waals surface area contributed by atoms with Crippen molar-refractivity contribution in [3.05, 3.63) is 23.8 Å². The van der Waals surface area contributed by atoms with Crippen LogP contribution in [0.25, 0.3) is 0 Å². The van der Waals surface area contributed by atoms with Crippen LogP contribution in [0, 0.1) is 0 Å². The van der Waals surface area contributed by atoms with E-state index in [9.17, 15) is 5.11 Å². The molecule has 0 aliphatic carbocycles. The van der Waals surface area contributed by atoms with Gasteiger partial charge in [0.2, 0.25) is 0 Å². The lowest BCUT2D eigenvalue weighted by Crippen LogP contribution is -2.16. The quantitative estimate of drug-likeness (QED) is 0.748. The Morgan fingerprint density at radius 3 is 2.79 bits per heavy atom. The van der Waals surface area contributed by atoms with Crippen LogP contribution < -0.4 is 0 Å². The van der Waals surface area contributed by atoms with Gasteiger partial charge in [-0.25, -0.2) is 0 Å². The van der Waals surface area contributed by atoms with E-state index in [0.717, 1.165) is 11.3 Å². The molecule has 1 atom stereocenters. The number of hydrogen-bond acceptors (Lipinski definition) is 4. The van der Waals surface area contributed by atoms with E-state index in [4.69, 9.17) is 9.84 Å². The lowest BCUT2D eigenvalue weighted by molar-refractivity contribution is 0.0625. The molecular formula is C10H12O3S. The molecule has 2 N–H and O–H groups in total. The molecule has 3 nitrogen and oxygen atoms in total. The molecule has 0 aromatic heterocycles. The minimum Gasteiger partial charge on any atom is -0.508 e. The van der Waals surface area contributed by atoms with Gasteiger partial charge < -0.3 is 14.9 Å². The minimum absolute atomic E-state index is 0.0675. The van der Waals surface area contributed by atoms with Crippen molar-refractivity contribution in [2.75, 3.05) is 12.4 Å². The van der Waals surface area contributed by atoms with Crippen molar-refractivity contribution in [3.63, 3.8) is 0 Å². The van der Waals surface area contributed by atoms with Gasteiger partial charge in [0.15, 0.2) is 0 Å². The van der Waals surface area contributed by atoms with Crippen molar-refractivity contribution in [1.82, 2.24) is 0 Å². The first kappa shape index (κ1) is 9.68. The van der Waals surface area contributed by atoms with Crippen LogP contribution in [0.1, 0.15) is 12.5 Å². The molecule has 76 valence electrons. The molecule has 0 spiro atoms. The highest BCUT2D eigenvalue weighted by Crippen LogP contribution is 2.45. The topological polar surface area (TPSA) is 49.7 Å². The first-order chi connectivity index (χ1) is 6.62. The van der Waals surface area contributed by atoms with E-state index >= 15 is 0 Å². The Hall–Kier alpha value is -0.870. The van der Waals surface area contributed by atoms with Crippen molar-refractivity contribution < 1.29 is 14.9 Å². The van der Waals surface area contributed by atoms with E-state index in [-0.39, 0.29) is 11.5 Å². The molecular weight excluding hydrogens is 200 g/mol. The van der Waals surface area contributed by atoms with E-state index in [0.29, 0.717) is 6.61 Å². The molecule has 2 rings (SSSR count). The Morgan fingerprint density at radius 2 is 2.21 bits per heavy atom. The van der Waals surface area contributed by atoms with E-state index in [1.54, 1.807) is 23.9 Å². The first-order valence-corrected chi connectivity index (χ1v) is 5.41. The average Bonchev–Trinajstić information content (AvgIpc) is 2.52. The number of phenols is 2. The van der Waals surface area contributed by atoms with Gasteiger partial charge in [-0.2, -0.15) is 0 Å². The van der Waals surface area contributed by atoms with E-state index in [1.807, 2.05) is 6.92 Å². The number of ether oxygens (including phenoxy) is 1. The van der Waals surface area contributed by atoms with Gasteiger partial charge in [-0.3, -0.25) is 0 Å². The number of rotatable bonds is 1. The Morgan fingerprint density at radius 1 is 1.43 bits per heavy atom. The summed E-state index contributed by atoms with van der Waals surface area (Å²) in [5, 5.41) is 18.8. The summed E-state index contributed by atoms with van der Waals surface area (Å²) in [6, 6.07) is 4.59. The lowest BCUT2D eigenvalue weighted by Gasteiger charge is -2.23. The predicted molar refractivity (Wildman–Crippen MR) is 55.5 cm³/mol. The van der Waals surface area contributed by atoms with Crippen LogP contribution >= 0.6 is 11.8 Å². The van der Waals surface area contributed by atoms with Crippen LogP contribution in [0.15, 0.2) is 18.2 Å². The van der Waals surface area contributed by atoms with Crippen molar-refractivity contribution >= 4 is 11.8 Å². The van der Waals surface area contributed by atoms with Gasteiger partial charge in [0.1, 0.15) is 16.4 Å². The third-order valence-electron chi connectivity index (χ3n) is 2.31. The number of aromatic hydroxyl groups is 2. The van der Waals surface area contributed by atoms with Crippen molar-refractivity contribution in [2.45, 2.75) is 11.9 Å². The summed E-state index contributed by atoms with van der Waals surface area (Å²) in [4.78, 5) is -0.474. The maximum atomic E-state index is 9.66. The summed E-state index contributed by atoms with van der Waals surface area (Å²) in [7, 11) is 0. The van der Waals surface area contributed by atoms with Crippen LogP contribution in [0.4, 0.5) is 0 Å². The standard InChI is InChI=1S/C10H12O3S/c1-10(13-4-5-14-10)8-3-2-7(11)6-9(8)12/h2-3,6,11-12H,4-5H2,1H3. The molecule has 1 saturated heterocycles. The number of thioether (sulfide) groups is 1.